The van der Waals surface area contributed by atoms with Gasteiger partial charge in [-0.2, -0.15) is 5.10 Å². The summed E-state index contributed by atoms with van der Waals surface area (Å²) in [7, 11) is -3.65. The highest BCUT2D eigenvalue weighted by Crippen LogP contribution is 2.39. The molecule has 3 aromatic carbocycles. The Kier molecular flexibility index (Phi) is 6.27. The van der Waals surface area contributed by atoms with Crippen LogP contribution in [0.3, 0.4) is 0 Å². The third-order valence-corrected chi connectivity index (χ3v) is 7.79. The zero-order chi connectivity index (χ0) is 28.1. The molecular formula is C27H23N5O6S. The summed E-state index contributed by atoms with van der Waals surface area (Å²) in [6.45, 7) is 1.56. The van der Waals surface area contributed by atoms with Crippen LogP contribution < -0.4 is 11.1 Å². The number of sulfone groups is 1. The quantitative estimate of drug-likeness (QED) is 0.276. The van der Waals surface area contributed by atoms with Crippen LogP contribution in [0.15, 0.2) is 65.6 Å². The number of carbonyl (C=O) groups is 2. The number of nitrogens with zero attached hydrogens (tertiary/aromatic N) is 3. The van der Waals surface area contributed by atoms with Gasteiger partial charge in [0.2, 0.25) is 0 Å². The fraction of sp³-hybridized carbons (Fsp3) is 0.148. The number of nitrogens with one attached hydrogen (secondary N) is 1. The molecule has 0 bridgehead atoms. The first-order valence-electron chi connectivity index (χ1n) is 11.9. The molecule has 0 unspecified atom stereocenters. The lowest BCUT2D eigenvalue weighted by Gasteiger charge is -2.21. The van der Waals surface area contributed by atoms with Crippen molar-refractivity contribution >= 4 is 33.0 Å². The maximum atomic E-state index is 13.1. The first-order chi connectivity index (χ1) is 18.5. The molecule has 0 aliphatic heterocycles. The fourth-order valence-electron chi connectivity index (χ4n) is 4.92. The molecule has 1 aliphatic rings. The Morgan fingerprint density at radius 2 is 1.82 bits per heavy atom. The number of nitro groups is 1. The minimum Gasteiger partial charge on any atom is -0.364 e. The monoisotopic (exact) mass is 545 g/mol. The largest absolute Gasteiger partial charge is 0.364 e. The van der Waals surface area contributed by atoms with Crippen LogP contribution in [0.5, 0.6) is 0 Å². The van der Waals surface area contributed by atoms with E-state index in [1.807, 2.05) is 6.07 Å². The van der Waals surface area contributed by atoms with Crippen LogP contribution >= 0.6 is 0 Å². The Morgan fingerprint density at radius 1 is 1.08 bits per heavy atom. The second kappa shape index (κ2) is 9.48. The van der Waals surface area contributed by atoms with Gasteiger partial charge in [-0.3, -0.25) is 19.7 Å². The van der Waals surface area contributed by atoms with E-state index in [1.54, 1.807) is 49.4 Å². The van der Waals surface area contributed by atoms with Gasteiger partial charge in [-0.1, -0.05) is 30.3 Å². The topological polar surface area (TPSA) is 167 Å². The standard InChI is InChI=1S/C27H23N5O6S/c1-15-6-5-7-19(24(15)32(35)36)27(34)29-17-12-10-16-11-13-18-23(26(28)33)30-31(25(18)20(16)14-17)21-8-3-4-9-22(21)39(2,37)38/h3-10,12,14H,11,13H2,1-2H3,(H2,28,33)(H,29,34). The van der Waals surface area contributed by atoms with Gasteiger partial charge in [-0.05, 0) is 55.7 Å². The van der Waals surface area contributed by atoms with E-state index in [-0.39, 0.29) is 27.5 Å². The van der Waals surface area contributed by atoms with E-state index in [0.29, 0.717) is 40.9 Å². The summed E-state index contributed by atoms with van der Waals surface area (Å²) in [6.07, 6.45) is 2.09. The van der Waals surface area contributed by atoms with Gasteiger partial charge in [0, 0.05) is 28.6 Å². The number of nitro benzene ring substituents is 1. The maximum absolute atomic E-state index is 13.1. The van der Waals surface area contributed by atoms with Gasteiger partial charge in [0.25, 0.3) is 17.5 Å². The summed E-state index contributed by atoms with van der Waals surface area (Å²) in [5.41, 5.74) is 8.83. The second-order valence-electron chi connectivity index (χ2n) is 9.25. The molecule has 11 nitrogen and oxygen atoms in total. The molecular weight excluding hydrogens is 522 g/mol. The number of aromatic nitrogens is 2. The molecule has 0 fully saturated rings. The van der Waals surface area contributed by atoms with Crippen molar-refractivity contribution in [3.05, 3.63) is 98.7 Å². The van der Waals surface area contributed by atoms with Crippen molar-refractivity contribution in [1.82, 2.24) is 9.78 Å². The van der Waals surface area contributed by atoms with Crippen LogP contribution in [0.2, 0.25) is 0 Å². The molecule has 5 rings (SSSR count). The van der Waals surface area contributed by atoms with Crippen molar-refractivity contribution in [3.63, 3.8) is 0 Å². The van der Waals surface area contributed by atoms with E-state index in [1.165, 1.54) is 16.8 Å². The molecule has 1 aliphatic carbocycles. The lowest BCUT2D eigenvalue weighted by Crippen LogP contribution is -2.16. The number of carbonyl (C=O) groups excluding carboxylic acids is 2. The molecule has 1 aromatic heterocycles. The van der Waals surface area contributed by atoms with Crippen LogP contribution in [-0.2, 0) is 22.7 Å². The zero-order valence-corrected chi connectivity index (χ0v) is 21.8. The third kappa shape index (κ3) is 4.55. The summed E-state index contributed by atoms with van der Waals surface area (Å²) in [4.78, 5) is 36.4. The van der Waals surface area contributed by atoms with E-state index < -0.39 is 26.6 Å². The number of aryl methyl sites for hydroxylation is 2. The summed E-state index contributed by atoms with van der Waals surface area (Å²) in [5.74, 6) is -1.41. The van der Waals surface area contributed by atoms with Crippen molar-refractivity contribution in [2.24, 2.45) is 5.73 Å². The van der Waals surface area contributed by atoms with Crippen LogP contribution in [-0.4, -0.2) is 41.2 Å². The molecule has 4 aromatic rings. The van der Waals surface area contributed by atoms with Gasteiger partial charge >= 0.3 is 0 Å². The van der Waals surface area contributed by atoms with Gasteiger partial charge < -0.3 is 11.1 Å². The average molecular weight is 546 g/mol. The number of hydrogen-bond donors (Lipinski definition) is 2. The molecule has 12 heteroatoms. The minimum atomic E-state index is -3.65. The van der Waals surface area contributed by atoms with Crippen LogP contribution in [0.4, 0.5) is 11.4 Å². The lowest BCUT2D eigenvalue weighted by molar-refractivity contribution is -0.385. The third-order valence-electron chi connectivity index (χ3n) is 6.64. The smallest absolute Gasteiger partial charge is 0.285 e. The Bertz CT molecular complexity index is 1810. The Morgan fingerprint density at radius 3 is 2.51 bits per heavy atom. The van der Waals surface area contributed by atoms with Gasteiger partial charge in [-0.15, -0.1) is 0 Å². The summed E-state index contributed by atoms with van der Waals surface area (Å²) in [5, 5.41) is 18.7. The fourth-order valence-corrected chi connectivity index (χ4v) is 5.78. The zero-order valence-electron chi connectivity index (χ0n) is 21.0. The highest BCUT2D eigenvalue weighted by Gasteiger charge is 2.30. The van der Waals surface area contributed by atoms with Crippen molar-refractivity contribution < 1.29 is 22.9 Å². The number of benzene rings is 3. The SMILES string of the molecule is Cc1cccc(C(=O)Nc2ccc3c(c2)-c2c(c(C(N)=O)nn2-c2ccccc2S(C)(=O)=O)CC3)c1[N+](=O)[O-]. The van der Waals surface area contributed by atoms with Gasteiger partial charge in [-0.25, -0.2) is 13.1 Å². The van der Waals surface area contributed by atoms with Crippen LogP contribution in [0.1, 0.15) is 37.5 Å². The van der Waals surface area contributed by atoms with Crippen LogP contribution in [0, 0.1) is 17.0 Å². The highest BCUT2D eigenvalue weighted by atomic mass is 32.2. The Hall–Kier alpha value is -4.84. The number of anilines is 1. The molecule has 0 atom stereocenters. The number of para-hydroxylation sites is 2. The van der Waals surface area contributed by atoms with Crippen molar-refractivity contribution in [1.29, 1.82) is 0 Å². The van der Waals surface area contributed by atoms with Crippen molar-refractivity contribution in [2.75, 3.05) is 11.6 Å². The average Bonchev–Trinajstić information content (AvgIpc) is 3.28. The van der Waals surface area contributed by atoms with E-state index in [2.05, 4.69) is 10.4 Å². The number of fused-ring (bicyclic) bond motifs is 3. The summed E-state index contributed by atoms with van der Waals surface area (Å²) >= 11 is 0. The molecule has 0 saturated carbocycles. The normalized spacial score (nSPS) is 12.4. The van der Waals surface area contributed by atoms with E-state index in [9.17, 15) is 28.1 Å². The van der Waals surface area contributed by atoms with Gasteiger partial charge in [0.15, 0.2) is 15.5 Å². The van der Waals surface area contributed by atoms with E-state index in [4.69, 9.17) is 5.73 Å². The number of nitrogens with two attached hydrogens (primary N) is 1. The van der Waals surface area contributed by atoms with Gasteiger partial charge in [0.05, 0.1) is 21.2 Å². The Balaban J connectivity index is 1.66. The molecule has 0 radical (unpaired) electrons. The molecule has 2 amide bonds. The van der Waals surface area contributed by atoms with Crippen molar-refractivity contribution in [2.45, 2.75) is 24.7 Å². The Labute approximate surface area is 223 Å². The number of rotatable bonds is 6. The number of amides is 2. The summed E-state index contributed by atoms with van der Waals surface area (Å²) < 4.78 is 26.5. The summed E-state index contributed by atoms with van der Waals surface area (Å²) in [6, 6.07) is 16.0. The van der Waals surface area contributed by atoms with E-state index in [0.717, 1.165) is 11.8 Å². The maximum Gasteiger partial charge on any atom is 0.285 e. The molecule has 3 N–H and O–H groups in total. The molecule has 198 valence electrons. The van der Waals surface area contributed by atoms with Crippen molar-refractivity contribution in [3.8, 4) is 16.9 Å². The lowest BCUT2D eigenvalue weighted by atomic mass is 9.88. The van der Waals surface area contributed by atoms with Gasteiger partial charge in [0.1, 0.15) is 5.56 Å². The first kappa shape index (κ1) is 25.8. The number of primary amides is 1. The van der Waals surface area contributed by atoms with E-state index >= 15 is 0 Å². The highest BCUT2D eigenvalue weighted by molar-refractivity contribution is 7.90. The van der Waals surface area contributed by atoms with Crippen LogP contribution in [0.25, 0.3) is 16.9 Å². The molecule has 0 spiro atoms. The first-order valence-corrected chi connectivity index (χ1v) is 13.8. The molecule has 1 heterocycles. The molecule has 39 heavy (non-hydrogen) atoms. The minimum absolute atomic E-state index is 0.0228. The predicted octanol–water partition coefficient (Wildman–Crippen LogP) is 3.61. The predicted molar refractivity (Wildman–Crippen MR) is 144 cm³/mol. The molecule has 0 saturated heterocycles. The number of hydrogen-bond acceptors (Lipinski definition) is 7. The second-order valence-corrected chi connectivity index (χ2v) is 11.2.